The van der Waals surface area contributed by atoms with Crippen molar-refractivity contribution < 1.29 is 0 Å². The first-order chi connectivity index (χ1) is 21.6. The summed E-state index contributed by atoms with van der Waals surface area (Å²) in [6.07, 6.45) is 5.52. The zero-order chi connectivity index (χ0) is 31.1. The molecule has 0 aliphatic heterocycles. The summed E-state index contributed by atoms with van der Waals surface area (Å²) in [5.74, 6) is 0. The molecule has 45 heavy (non-hydrogen) atoms. The van der Waals surface area contributed by atoms with E-state index in [1.54, 1.807) is 11.3 Å². The molecular weight excluding hydrogens is 565 g/mol. The number of benzene rings is 5. The molecule has 2 aliphatic carbocycles. The van der Waals surface area contributed by atoms with Crippen molar-refractivity contribution >= 4 is 42.7 Å². The molecule has 8 rings (SSSR count). The molecule has 5 aromatic carbocycles. The van der Waals surface area contributed by atoms with Crippen LogP contribution in [-0.2, 0) is 10.8 Å². The Kier molecular flexibility index (Phi) is 6.21. The van der Waals surface area contributed by atoms with Gasteiger partial charge in [0.25, 0.3) is 0 Å². The Morgan fingerprint density at radius 1 is 0.667 bits per heavy atom. The molecule has 1 aromatic heterocycles. The lowest BCUT2D eigenvalue weighted by molar-refractivity contribution is 0.563. The van der Waals surface area contributed by atoms with Crippen LogP contribution in [0.15, 0.2) is 120 Å². The molecule has 0 N–H and O–H groups in total. The van der Waals surface area contributed by atoms with Crippen LogP contribution < -0.4 is 5.43 Å². The Morgan fingerprint density at radius 3 is 2.09 bits per heavy atom. The van der Waals surface area contributed by atoms with Gasteiger partial charge in [-0.1, -0.05) is 113 Å². The molecule has 220 valence electrons. The van der Waals surface area contributed by atoms with Gasteiger partial charge in [0.05, 0.1) is 0 Å². The third-order valence-corrected chi connectivity index (χ3v) is 11.4. The van der Waals surface area contributed by atoms with Crippen molar-refractivity contribution in [2.45, 2.75) is 51.9 Å². The van der Waals surface area contributed by atoms with Gasteiger partial charge in [0.1, 0.15) is 0 Å². The van der Waals surface area contributed by atoms with E-state index >= 15 is 0 Å². The van der Waals surface area contributed by atoms with Gasteiger partial charge in [-0.25, -0.2) is 0 Å². The van der Waals surface area contributed by atoms with Crippen molar-refractivity contribution in [1.82, 2.24) is 0 Å². The maximum atomic E-state index is 14.0. The molecule has 1 heterocycles. The van der Waals surface area contributed by atoms with Crippen molar-refractivity contribution in [3.05, 3.63) is 153 Å². The molecule has 2 aliphatic rings. The lowest BCUT2D eigenvalue weighted by atomic mass is 9.81. The van der Waals surface area contributed by atoms with Crippen LogP contribution in [0.25, 0.3) is 53.6 Å². The molecule has 0 radical (unpaired) electrons. The van der Waals surface area contributed by atoms with Gasteiger partial charge in [0, 0.05) is 25.6 Å². The highest BCUT2D eigenvalue weighted by atomic mass is 32.1. The van der Waals surface area contributed by atoms with Gasteiger partial charge < -0.3 is 0 Å². The number of hydrogen-bond donors (Lipinski definition) is 0. The first-order valence-corrected chi connectivity index (χ1v) is 16.7. The lowest BCUT2D eigenvalue weighted by Gasteiger charge is -2.22. The Morgan fingerprint density at radius 2 is 1.29 bits per heavy atom. The summed E-state index contributed by atoms with van der Waals surface area (Å²) in [4.78, 5) is 14.0. The van der Waals surface area contributed by atoms with E-state index in [-0.39, 0.29) is 16.3 Å². The minimum absolute atomic E-state index is 0.0597. The minimum Gasteiger partial charge on any atom is -0.289 e. The largest absolute Gasteiger partial charge is 0.289 e. The van der Waals surface area contributed by atoms with Crippen molar-refractivity contribution in [2.24, 2.45) is 0 Å². The molecule has 0 spiro atoms. The summed E-state index contributed by atoms with van der Waals surface area (Å²) in [7, 11) is 0. The molecule has 6 aromatic rings. The normalized spacial score (nSPS) is 17.1. The van der Waals surface area contributed by atoms with Gasteiger partial charge in [0.15, 0.2) is 5.43 Å². The van der Waals surface area contributed by atoms with E-state index in [4.69, 9.17) is 0 Å². The lowest BCUT2D eigenvalue weighted by Crippen LogP contribution is -2.14. The van der Waals surface area contributed by atoms with Crippen molar-refractivity contribution in [2.75, 3.05) is 0 Å². The number of hydrogen-bond acceptors (Lipinski definition) is 2. The zero-order valence-electron chi connectivity index (χ0n) is 26.5. The van der Waals surface area contributed by atoms with Crippen LogP contribution in [0.5, 0.6) is 0 Å². The maximum Gasteiger partial charge on any atom is 0.195 e. The van der Waals surface area contributed by atoms with E-state index in [1.165, 1.54) is 39.0 Å². The van der Waals surface area contributed by atoms with Gasteiger partial charge >= 0.3 is 0 Å². The van der Waals surface area contributed by atoms with E-state index in [0.717, 1.165) is 48.9 Å². The molecule has 2 heteroatoms. The van der Waals surface area contributed by atoms with Crippen LogP contribution in [0.3, 0.4) is 0 Å². The second-order valence-electron chi connectivity index (χ2n) is 13.9. The number of fused-ring (bicyclic) bond motifs is 6. The maximum absolute atomic E-state index is 14.0. The summed E-state index contributed by atoms with van der Waals surface area (Å²) in [6, 6.07) is 37.0. The third-order valence-electron chi connectivity index (χ3n) is 10.2. The Bertz CT molecular complexity index is 2330. The van der Waals surface area contributed by atoms with Crippen LogP contribution >= 0.6 is 11.3 Å². The first-order valence-electron chi connectivity index (χ1n) is 15.8. The predicted molar refractivity (Wildman–Crippen MR) is 194 cm³/mol. The number of allylic oxidation sites excluding steroid dienone is 4. The number of rotatable bonds is 3. The van der Waals surface area contributed by atoms with Gasteiger partial charge in [-0.2, -0.15) is 0 Å². The van der Waals surface area contributed by atoms with Gasteiger partial charge in [-0.15, -0.1) is 11.3 Å². The quantitative estimate of drug-likeness (QED) is 0.185. The van der Waals surface area contributed by atoms with Crippen LogP contribution in [0.1, 0.15) is 68.9 Å². The van der Waals surface area contributed by atoms with Crippen LogP contribution in [0.2, 0.25) is 0 Å². The molecule has 0 saturated heterocycles. The highest BCUT2D eigenvalue weighted by Crippen LogP contribution is 2.49. The fraction of sp³-hybridized carbons (Fsp3) is 0.186. The minimum atomic E-state index is -0.0597. The van der Waals surface area contributed by atoms with Crippen molar-refractivity contribution in [1.29, 1.82) is 0 Å². The smallest absolute Gasteiger partial charge is 0.195 e. The van der Waals surface area contributed by atoms with Gasteiger partial charge in [-0.3, -0.25) is 4.79 Å². The fourth-order valence-electron chi connectivity index (χ4n) is 7.66. The van der Waals surface area contributed by atoms with E-state index in [0.29, 0.717) is 0 Å². The second kappa shape index (κ2) is 9.99. The zero-order valence-corrected chi connectivity index (χ0v) is 27.3. The molecule has 1 nitrogen and oxygen atoms in total. The van der Waals surface area contributed by atoms with Gasteiger partial charge in [0.2, 0.25) is 0 Å². The van der Waals surface area contributed by atoms with E-state index in [1.807, 2.05) is 0 Å². The standard InChI is InChI=1S/C43H36OS/c1-26(14-15-30-25-42(2,3)36-12-8-6-10-31(30)36)27-17-20-39-34(22-27)41(44)35-23-28(18-21-40(35)45-39)29-16-19-33-32-11-7-9-13-37(32)43(4,5)38(33)24-29/h6-24H,25H2,1-5H3/b26-14+,30-15+. The first kappa shape index (κ1) is 28.0. The highest BCUT2D eigenvalue weighted by Gasteiger charge is 2.35. The molecule has 0 fully saturated rings. The van der Waals surface area contributed by atoms with E-state index < -0.39 is 0 Å². The van der Waals surface area contributed by atoms with Crippen molar-refractivity contribution in [3.63, 3.8) is 0 Å². The summed E-state index contributed by atoms with van der Waals surface area (Å²) >= 11 is 1.70. The molecule has 0 bridgehead atoms. The van der Waals surface area contributed by atoms with Crippen molar-refractivity contribution in [3.8, 4) is 22.3 Å². The third kappa shape index (κ3) is 4.38. The molecule has 0 atom stereocenters. The molecule has 0 unspecified atom stereocenters. The molecule has 0 saturated carbocycles. The SMILES string of the molecule is C/C(=C\C=C1/CC(C)(C)c2ccccc21)c1ccc2sc3ccc(-c4ccc5c(c4)C(C)(C)c4ccccc4-5)cc3c(=O)c2c1. The highest BCUT2D eigenvalue weighted by molar-refractivity contribution is 7.24. The average molecular weight is 601 g/mol. The van der Waals surface area contributed by atoms with E-state index in [9.17, 15) is 4.79 Å². The van der Waals surface area contributed by atoms with Crippen LogP contribution in [0.4, 0.5) is 0 Å². The predicted octanol–water partition coefficient (Wildman–Crippen LogP) is 11.6. The summed E-state index contributed by atoms with van der Waals surface area (Å²) in [6.45, 7) is 11.4. The topological polar surface area (TPSA) is 17.1 Å². The summed E-state index contributed by atoms with van der Waals surface area (Å²) in [5.41, 5.74) is 14.2. The average Bonchev–Trinajstić information content (AvgIpc) is 3.45. The van der Waals surface area contributed by atoms with E-state index in [2.05, 4.69) is 150 Å². The Hall–Kier alpha value is -4.53. The van der Waals surface area contributed by atoms with Crippen LogP contribution in [0, 0.1) is 0 Å². The van der Waals surface area contributed by atoms with Crippen LogP contribution in [-0.4, -0.2) is 0 Å². The summed E-state index contributed by atoms with van der Waals surface area (Å²) in [5, 5.41) is 1.58. The van der Waals surface area contributed by atoms with Gasteiger partial charge in [-0.05, 0) is 110 Å². The molecule has 0 amide bonds. The molecular formula is C43H36OS. The Balaban J connectivity index is 1.17. The fourth-order valence-corrected chi connectivity index (χ4v) is 8.69. The summed E-state index contributed by atoms with van der Waals surface area (Å²) < 4.78 is 2.05. The Labute approximate surface area is 269 Å². The monoisotopic (exact) mass is 600 g/mol. The second-order valence-corrected chi connectivity index (χ2v) is 15.0.